The Bertz CT molecular complexity index is 1170. The van der Waals surface area contributed by atoms with Gasteiger partial charge in [0.25, 0.3) is 0 Å². The first-order chi connectivity index (χ1) is 17.9. The maximum Gasteiger partial charge on any atom is 0.238 e. The van der Waals surface area contributed by atoms with Gasteiger partial charge in [0.05, 0.1) is 22.3 Å². The number of nitrogens with one attached hydrogen (secondary N) is 1. The molecule has 1 amide bonds. The molecule has 5 rings (SSSR count). The molecule has 2 aliphatic rings. The zero-order valence-corrected chi connectivity index (χ0v) is 21.9. The minimum absolute atomic E-state index is 0.0614. The van der Waals surface area contributed by atoms with E-state index in [-0.39, 0.29) is 30.0 Å². The molecule has 1 N–H and O–H groups in total. The van der Waals surface area contributed by atoms with E-state index < -0.39 is 0 Å². The molecule has 2 atom stereocenters. The maximum absolute atomic E-state index is 13.7. The van der Waals surface area contributed by atoms with Crippen LogP contribution >= 0.6 is 23.2 Å². The fourth-order valence-corrected chi connectivity index (χ4v) is 6.25. The van der Waals surface area contributed by atoms with E-state index in [2.05, 4.69) is 15.1 Å². The standard InChI is InChI=1S/C29H29Cl2F2N3O/c30-25-2-1-3-26(31)29(25)34-27(37)18-35-14-15-36-16-21(8-13-24(36)17-35)28(19-4-9-22(32)10-5-19)20-6-11-23(33)12-7-20/h1-7,9-12,21,24,28H,8,13-18H2,(H,34,37)/t21-,24-/m0/s1. The van der Waals surface area contributed by atoms with Gasteiger partial charge >= 0.3 is 0 Å². The van der Waals surface area contributed by atoms with Gasteiger partial charge in [-0.3, -0.25) is 14.6 Å². The van der Waals surface area contributed by atoms with Crippen LogP contribution in [0.3, 0.4) is 0 Å². The first-order valence-electron chi connectivity index (χ1n) is 12.6. The van der Waals surface area contributed by atoms with Crippen molar-refractivity contribution >= 4 is 34.8 Å². The van der Waals surface area contributed by atoms with E-state index >= 15 is 0 Å². The molecule has 2 fully saturated rings. The molecule has 3 aromatic carbocycles. The fraction of sp³-hybridized carbons (Fsp3) is 0.345. The lowest BCUT2D eigenvalue weighted by molar-refractivity contribution is -0.118. The van der Waals surface area contributed by atoms with E-state index in [0.29, 0.717) is 27.7 Å². The summed E-state index contributed by atoms with van der Waals surface area (Å²) < 4.78 is 27.3. The second kappa shape index (κ2) is 11.5. The zero-order valence-electron chi connectivity index (χ0n) is 20.3. The summed E-state index contributed by atoms with van der Waals surface area (Å²) in [6.07, 6.45) is 1.99. The topological polar surface area (TPSA) is 35.6 Å². The molecule has 0 aromatic heterocycles. The number of halogens is 4. The van der Waals surface area contributed by atoms with Gasteiger partial charge in [-0.15, -0.1) is 0 Å². The largest absolute Gasteiger partial charge is 0.322 e. The first-order valence-corrected chi connectivity index (χ1v) is 13.3. The predicted octanol–water partition coefficient (Wildman–Crippen LogP) is 6.44. The number of benzene rings is 3. The summed E-state index contributed by atoms with van der Waals surface area (Å²) in [5, 5.41) is 3.69. The molecular weight excluding hydrogens is 515 g/mol. The third-order valence-corrected chi connectivity index (χ3v) is 8.18. The lowest BCUT2D eigenvalue weighted by atomic mass is 9.75. The van der Waals surface area contributed by atoms with Crippen LogP contribution in [0.25, 0.3) is 0 Å². The number of carbonyl (C=O) groups excluding carboxylic acids is 1. The van der Waals surface area contributed by atoms with E-state index in [0.717, 1.165) is 50.1 Å². The summed E-state index contributed by atoms with van der Waals surface area (Å²) in [6.45, 7) is 3.64. The molecule has 3 aromatic rings. The molecule has 194 valence electrons. The number of fused-ring (bicyclic) bond motifs is 1. The number of anilines is 1. The highest BCUT2D eigenvalue weighted by molar-refractivity contribution is 6.39. The number of rotatable bonds is 6. The van der Waals surface area contributed by atoms with Gasteiger partial charge in [0.2, 0.25) is 5.91 Å². The quantitative estimate of drug-likeness (QED) is 0.388. The molecule has 2 saturated heterocycles. The lowest BCUT2D eigenvalue weighted by Gasteiger charge is -2.47. The zero-order chi connectivity index (χ0) is 25.9. The van der Waals surface area contributed by atoms with Gasteiger partial charge in [-0.2, -0.15) is 0 Å². The Morgan fingerprint density at radius 2 is 1.46 bits per heavy atom. The van der Waals surface area contributed by atoms with Crippen LogP contribution in [-0.4, -0.2) is 54.5 Å². The number of hydrogen-bond donors (Lipinski definition) is 1. The highest BCUT2D eigenvalue weighted by Crippen LogP contribution is 2.39. The third kappa shape index (κ3) is 6.15. The normalized spacial score (nSPS) is 20.6. The van der Waals surface area contributed by atoms with Crippen molar-refractivity contribution in [3.05, 3.63) is 99.5 Å². The number of amides is 1. The summed E-state index contributed by atoms with van der Waals surface area (Å²) >= 11 is 12.4. The van der Waals surface area contributed by atoms with Crippen LogP contribution in [0.15, 0.2) is 66.7 Å². The molecule has 4 nitrogen and oxygen atoms in total. The van der Waals surface area contributed by atoms with Crippen LogP contribution in [0.5, 0.6) is 0 Å². The van der Waals surface area contributed by atoms with Crippen LogP contribution in [0.4, 0.5) is 14.5 Å². The number of piperidine rings is 1. The molecule has 0 saturated carbocycles. The van der Waals surface area contributed by atoms with Crippen molar-refractivity contribution in [3.63, 3.8) is 0 Å². The lowest BCUT2D eigenvalue weighted by Crippen LogP contribution is -2.57. The molecule has 0 radical (unpaired) electrons. The van der Waals surface area contributed by atoms with Gasteiger partial charge in [-0.05, 0) is 66.3 Å². The summed E-state index contributed by atoms with van der Waals surface area (Å²) in [6, 6.07) is 18.9. The molecule has 2 heterocycles. The molecule has 0 spiro atoms. The van der Waals surface area contributed by atoms with E-state index in [1.165, 1.54) is 24.3 Å². The fourth-order valence-electron chi connectivity index (χ4n) is 5.76. The summed E-state index contributed by atoms with van der Waals surface area (Å²) in [7, 11) is 0. The molecule has 0 aliphatic carbocycles. The first kappa shape index (κ1) is 26.1. The number of hydrogen-bond acceptors (Lipinski definition) is 3. The van der Waals surface area contributed by atoms with Crippen LogP contribution in [0.2, 0.25) is 10.0 Å². The van der Waals surface area contributed by atoms with E-state index in [9.17, 15) is 13.6 Å². The molecular formula is C29H29Cl2F2N3O. The second-order valence-electron chi connectivity index (χ2n) is 9.95. The highest BCUT2D eigenvalue weighted by Gasteiger charge is 2.37. The molecule has 2 aliphatic heterocycles. The third-order valence-electron chi connectivity index (χ3n) is 7.55. The van der Waals surface area contributed by atoms with Crippen molar-refractivity contribution in [2.24, 2.45) is 5.92 Å². The molecule has 37 heavy (non-hydrogen) atoms. The Morgan fingerprint density at radius 1 is 0.865 bits per heavy atom. The average molecular weight is 544 g/mol. The SMILES string of the molecule is O=C(CN1CCN2C[C@@H](C(c3ccc(F)cc3)c3ccc(F)cc3)CC[C@H]2C1)Nc1c(Cl)cccc1Cl. The summed E-state index contributed by atoms with van der Waals surface area (Å²) in [4.78, 5) is 17.4. The Kier molecular flexibility index (Phi) is 8.10. The Morgan fingerprint density at radius 3 is 2.05 bits per heavy atom. The Labute approximate surface area is 226 Å². The van der Waals surface area contributed by atoms with E-state index in [1.807, 2.05) is 24.3 Å². The van der Waals surface area contributed by atoms with Gasteiger partial charge in [-0.25, -0.2) is 8.78 Å². The minimum atomic E-state index is -0.262. The number of carbonyl (C=O) groups is 1. The summed E-state index contributed by atoms with van der Waals surface area (Å²) in [5.41, 5.74) is 2.54. The minimum Gasteiger partial charge on any atom is -0.322 e. The summed E-state index contributed by atoms with van der Waals surface area (Å²) in [5.74, 6) is -0.273. The number of nitrogens with zero attached hydrogens (tertiary/aromatic N) is 2. The highest BCUT2D eigenvalue weighted by atomic mass is 35.5. The average Bonchev–Trinajstić information content (AvgIpc) is 2.89. The predicted molar refractivity (Wildman–Crippen MR) is 144 cm³/mol. The van der Waals surface area contributed by atoms with Crippen molar-refractivity contribution < 1.29 is 13.6 Å². The molecule has 8 heteroatoms. The number of para-hydroxylation sites is 1. The van der Waals surface area contributed by atoms with Crippen LogP contribution in [0.1, 0.15) is 29.9 Å². The van der Waals surface area contributed by atoms with E-state index in [1.54, 1.807) is 18.2 Å². The molecule has 0 bridgehead atoms. The van der Waals surface area contributed by atoms with Gasteiger partial charge in [0.15, 0.2) is 0 Å². The van der Waals surface area contributed by atoms with Crippen molar-refractivity contribution in [3.8, 4) is 0 Å². The smallest absolute Gasteiger partial charge is 0.238 e. The number of piperazine rings is 1. The van der Waals surface area contributed by atoms with Crippen LogP contribution < -0.4 is 5.32 Å². The monoisotopic (exact) mass is 543 g/mol. The maximum atomic E-state index is 13.7. The molecule has 0 unspecified atom stereocenters. The van der Waals surface area contributed by atoms with Crippen LogP contribution in [0, 0.1) is 17.6 Å². The second-order valence-corrected chi connectivity index (χ2v) is 10.8. The van der Waals surface area contributed by atoms with Crippen LogP contribution in [-0.2, 0) is 4.79 Å². The Hall–Kier alpha value is -2.51. The Balaban J connectivity index is 1.24. The van der Waals surface area contributed by atoms with Crippen molar-refractivity contribution in [2.75, 3.05) is 38.0 Å². The van der Waals surface area contributed by atoms with Gasteiger partial charge in [0, 0.05) is 38.1 Å². The van der Waals surface area contributed by atoms with Gasteiger partial charge < -0.3 is 5.32 Å². The van der Waals surface area contributed by atoms with Crippen molar-refractivity contribution in [1.82, 2.24) is 9.80 Å². The van der Waals surface area contributed by atoms with Crippen molar-refractivity contribution in [1.29, 1.82) is 0 Å². The van der Waals surface area contributed by atoms with Gasteiger partial charge in [0.1, 0.15) is 11.6 Å². The van der Waals surface area contributed by atoms with Gasteiger partial charge in [-0.1, -0.05) is 53.5 Å². The van der Waals surface area contributed by atoms with E-state index in [4.69, 9.17) is 23.2 Å². The van der Waals surface area contributed by atoms with Crippen molar-refractivity contribution in [2.45, 2.75) is 24.8 Å².